The lowest BCUT2D eigenvalue weighted by molar-refractivity contribution is -0.0172. The fourth-order valence-electron chi connectivity index (χ4n) is 4.83. The largest absolute Gasteiger partial charge is 0.384 e. The van der Waals surface area contributed by atoms with Crippen LogP contribution >= 0.6 is 0 Å². The van der Waals surface area contributed by atoms with Gasteiger partial charge >= 0.3 is 0 Å². The topological polar surface area (TPSA) is 74.8 Å². The minimum Gasteiger partial charge on any atom is -0.384 e. The van der Waals surface area contributed by atoms with Crippen LogP contribution in [-0.4, -0.2) is 68.9 Å². The normalized spacial score (nSPS) is 20.2. The van der Waals surface area contributed by atoms with Crippen LogP contribution in [0.25, 0.3) is 0 Å². The van der Waals surface area contributed by atoms with Gasteiger partial charge in [-0.2, -0.15) is 5.10 Å². The average Bonchev–Trinajstić information content (AvgIpc) is 3.01. The van der Waals surface area contributed by atoms with Crippen LogP contribution in [0.4, 0.5) is 0 Å². The molecule has 0 saturated heterocycles. The lowest BCUT2D eigenvalue weighted by atomic mass is 9.69. The fourth-order valence-corrected chi connectivity index (χ4v) is 4.83. The van der Waals surface area contributed by atoms with E-state index < -0.39 is 0 Å². The summed E-state index contributed by atoms with van der Waals surface area (Å²) in [6.07, 6.45) is 4.56. The molecule has 1 aromatic heterocycles. The van der Waals surface area contributed by atoms with Gasteiger partial charge in [0, 0.05) is 44.8 Å². The second kappa shape index (κ2) is 9.47. The summed E-state index contributed by atoms with van der Waals surface area (Å²) in [5, 5.41) is 4.96. The van der Waals surface area contributed by atoms with Crippen molar-refractivity contribution in [3.05, 3.63) is 17.0 Å². The Balaban J connectivity index is 1.80. The highest BCUT2D eigenvalue weighted by Crippen LogP contribution is 2.45. The van der Waals surface area contributed by atoms with E-state index in [-0.39, 0.29) is 5.41 Å². The van der Waals surface area contributed by atoms with Crippen molar-refractivity contribution in [3.63, 3.8) is 0 Å². The number of nitrogens with zero attached hydrogens (tertiary/aromatic N) is 3. The number of hydrogen-bond acceptors (Lipinski definition) is 6. The predicted molar refractivity (Wildman–Crippen MR) is 105 cm³/mol. The van der Waals surface area contributed by atoms with E-state index in [9.17, 15) is 0 Å². The van der Waals surface area contributed by atoms with Gasteiger partial charge in [-0.05, 0) is 38.6 Å². The maximum Gasteiger partial charge on any atom is 0.0888 e. The Labute approximate surface area is 163 Å². The van der Waals surface area contributed by atoms with Crippen molar-refractivity contribution >= 4 is 0 Å². The SMILES string of the molecule is COCC1(COC)CCC(c2c(CN(C)CCN)nn3c2COCC3)CC1. The highest BCUT2D eigenvalue weighted by Gasteiger charge is 2.38. The molecule has 7 nitrogen and oxygen atoms in total. The Morgan fingerprint density at radius 3 is 2.59 bits per heavy atom. The molecule has 0 aromatic carbocycles. The van der Waals surface area contributed by atoms with E-state index in [1.807, 2.05) is 0 Å². The number of methoxy groups -OCH3 is 2. The highest BCUT2D eigenvalue weighted by atomic mass is 16.5. The number of rotatable bonds is 9. The summed E-state index contributed by atoms with van der Waals surface area (Å²) in [7, 11) is 5.70. The number of ether oxygens (including phenoxy) is 3. The Morgan fingerprint density at radius 1 is 1.26 bits per heavy atom. The molecule has 0 radical (unpaired) electrons. The first-order valence-electron chi connectivity index (χ1n) is 10.1. The van der Waals surface area contributed by atoms with Crippen LogP contribution in [0.3, 0.4) is 0 Å². The van der Waals surface area contributed by atoms with Crippen molar-refractivity contribution in [2.75, 3.05) is 54.2 Å². The van der Waals surface area contributed by atoms with Crippen LogP contribution in [0, 0.1) is 5.41 Å². The molecule has 1 aliphatic carbocycles. The monoisotopic (exact) mass is 380 g/mol. The molecule has 0 unspecified atom stereocenters. The molecule has 0 bridgehead atoms. The molecule has 1 saturated carbocycles. The van der Waals surface area contributed by atoms with Gasteiger partial charge in [-0.3, -0.25) is 9.58 Å². The van der Waals surface area contributed by atoms with Gasteiger partial charge in [0.15, 0.2) is 0 Å². The number of likely N-dealkylation sites (N-methyl/N-ethyl adjacent to an activating group) is 1. The van der Waals surface area contributed by atoms with E-state index in [0.717, 1.165) is 65.1 Å². The summed E-state index contributed by atoms with van der Waals surface area (Å²) < 4.78 is 19.0. The summed E-state index contributed by atoms with van der Waals surface area (Å²) in [6, 6.07) is 0. The van der Waals surface area contributed by atoms with Crippen molar-refractivity contribution < 1.29 is 14.2 Å². The van der Waals surface area contributed by atoms with Gasteiger partial charge < -0.3 is 19.9 Å². The molecule has 3 rings (SSSR count). The van der Waals surface area contributed by atoms with Crippen LogP contribution in [0.2, 0.25) is 0 Å². The zero-order chi connectivity index (χ0) is 19.3. The molecule has 7 heteroatoms. The Hall–Kier alpha value is -0.990. The van der Waals surface area contributed by atoms with Gasteiger partial charge in [0.25, 0.3) is 0 Å². The van der Waals surface area contributed by atoms with Gasteiger partial charge in [-0.25, -0.2) is 0 Å². The number of hydrogen-bond donors (Lipinski definition) is 1. The van der Waals surface area contributed by atoms with Crippen LogP contribution in [-0.2, 0) is 33.9 Å². The number of fused-ring (bicyclic) bond motifs is 1. The summed E-state index contributed by atoms with van der Waals surface area (Å²) in [6.45, 7) is 6.24. The van der Waals surface area contributed by atoms with Gasteiger partial charge in [0.1, 0.15) is 0 Å². The van der Waals surface area contributed by atoms with Crippen molar-refractivity contribution in [2.45, 2.75) is 51.3 Å². The lowest BCUT2D eigenvalue weighted by Crippen LogP contribution is -2.36. The Bertz CT molecular complexity index is 588. The van der Waals surface area contributed by atoms with Crippen molar-refractivity contribution in [2.24, 2.45) is 11.1 Å². The van der Waals surface area contributed by atoms with Gasteiger partial charge in [0.05, 0.1) is 44.4 Å². The second-order valence-corrected chi connectivity index (χ2v) is 8.25. The summed E-state index contributed by atoms with van der Waals surface area (Å²) >= 11 is 0. The molecule has 1 aliphatic heterocycles. The number of aromatic nitrogens is 2. The molecule has 2 N–H and O–H groups in total. The van der Waals surface area contributed by atoms with E-state index in [4.69, 9.17) is 25.0 Å². The molecule has 2 heterocycles. The van der Waals surface area contributed by atoms with E-state index in [1.54, 1.807) is 14.2 Å². The van der Waals surface area contributed by atoms with Crippen molar-refractivity contribution in [3.8, 4) is 0 Å². The van der Waals surface area contributed by atoms with Crippen molar-refractivity contribution in [1.29, 1.82) is 0 Å². The van der Waals surface area contributed by atoms with Crippen LogP contribution in [0.1, 0.15) is 48.6 Å². The average molecular weight is 381 g/mol. The lowest BCUT2D eigenvalue weighted by Gasteiger charge is -2.39. The summed E-state index contributed by atoms with van der Waals surface area (Å²) in [5.74, 6) is 0.540. The Morgan fingerprint density at radius 2 is 1.96 bits per heavy atom. The third kappa shape index (κ3) is 4.71. The molecular weight excluding hydrogens is 344 g/mol. The first-order valence-corrected chi connectivity index (χ1v) is 10.1. The van der Waals surface area contributed by atoms with Gasteiger partial charge in [-0.1, -0.05) is 0 Å². The minimum atomic E-state index is 0.153. The molecular formula is C20H36N4O3. The summed E-state index contributed by atoms with van der Waals surface area (Å²) in [4.78, 5) is 2.27. The molecule has 0 atom stereocenters. The number of nitrogens with two attached hydrogens (primary N) is 1. The Kier molecular flexibility index (Phi) is 7.28. The first kappa shape index (κ1) is 20.7. The molecule has 154 valence electrons. The van der Waals surface area contributed by atoms with Crippen molar-refractivity contribution in [1.82, 2.24) is 14.7 Å². The molecule has 27 heavy (non-hydrogen) atoms. The third-order valence-electron chi connectivity index (χ3n) is 6.15. The van der Waals surface area contributed by atoms with Crippen LogP contribution < -0.4 is 5.73 Å². The summed E-state index contributed by atoms with van der Waals surface area (Å²) in [5.41, 5.74) is 9.82. The zero-order valence-electron chi connectivity index (χ0n) is 17.2. The predicted octanol–water partition coefficient (Wildman–Crippen LogP) is 1.74. The third-order valence-corrected chi connectivity index (χ3v) is 6.15. The molecule has 1 aromatic rings. The van der Waals surface area contributed by atoms with Gasteiger partial charge in [0.2, 0.25) is 0 Å². The smallest absolute Gasteiger partial charge is 0.0888 e. The molecule has 2 aliphatic rings. The quantitative estimate of drug-likeness (QED) is 0.703. The van der Waals surface area contributed by atoms with E-state index in [0.29, 0.717) is 19.1 Å². The minimum absolute atomic E-state index is 0.153. The van der Waals surface area contributed by atoms with E-state index >= 15 is 0 Å². The van der Waals surface area contributed by atoms with Crippen LogP contribution in [0.15, 0.2) is 0 Å². The van der Waals surface area contributed by atoms with E-state index in [2.05, 4.69) is 16.6 Å². The molecule has 0 amide bonds. The van der Waals surface area contributed by atoms with Crippen LogP contribution in [0.5, 0.6) is 0 Å². The second-order valence-electron chi connectivity index (χ2n) is 8.25. The van der Waals surface area contributed by atoms with E-state index in [1.165, 1.54) is 17.0 Å². The maximum absolute atomic E-state index is 5.78. The standard InChI is InChI=1S/C20H36N4O3/c1-23(9-8-21)12-17-19(18-13-27-11-10-24(18)22-17)16-4-6-20(7-5-16,14-25-2)15-26-3/h16H,4-15,21H2,1-3H3. The highest BCUT2D eigenvalue weighted by molar-refractivity contribution is 5.31. The first-order chi connectivity index (χ1) is 13.1. The maximum atomic E-state index is 5.78. The van der Waals surface area contributed by atoms with Gasteiger partial charge in [-0.15, -0.1) is 0 Å². The zero-order valence-corrected chi connectivity index (χ0v) is 17.2. The fraction of sp³-hybridized carbons (Fsp3) is 0.850. The molecule has 1 fully saturated rings. The molecule has 0 spiro atoms.